The van der Waals surface area contributed by atoms with Gasteiger partial charge >= 0.3 is 71.6 Å². The van der Waals surface area contributed by atoms with E-state index in [-0.39, 0.29) is 145 Å². The van der Waals surface area contributed by atoms with Crippen molar-refractivity contribution in [2.75, 3.05) is 79.3 Å². The zero-order valence-corrected chi connectivity index (χ0v) is 80.9. The molecule has 12 aromatic rings. The van der Waals surface area contributed by atoms with Gasteiger partial charge in [-0.1, -0.05) is 225 Å². The summed E-state index contributed by atoms with van der Waals surface area (Å²) in [5, 5.41) is 0. The predicted molar refractivity (Wildman–Crippen MR) is 529 cm³/mol. The van der Waals surface area contributed by atoms with E-state index in [9.17, 15) is 57.5 Å². The molecule has 0 unspecified atom stereocenters. The van der Waals surface area contributed by atoms with Crippen LogP contribution < -0.4 is 0 Å². The van der Waals surface area contributed by atoms with Crippen LogP contribution in [0.1, 0.15) is 150 Å². The normalized spacial score (nSPS) is 20.3. The molecule has 0 bridgehead atoms. The highest BCUT2D eigenvalue weighted by molar-refractivity contribution is 5.96. The molecule has 0 aromatic heterocycles. The number of carbonyl (C=O) groups is 12. The molecule has 3 aliphatic heterocycles. The Morgan fingerprint density at radius 3 is 0.510 bits per heavy atom. The first-order valence-corrected chi connectivity index (χ1v) is 48.3. The van der Waals surface area contributed by atoms with Crippen molar-refractivity contribution in [2.45, 2.75) is 118 Å². The molecule has 15 atom stereocenters. The maximum atomic E-state index is 14.5. The van der Waals surface area contributed by atoms with Crippen molar-refractivity contribution >= 4 is 71.6 Å². The van der Waals surface area contributed by atoms with Crippen molar-refractivity contribution in [1.29, 1.82) is 0 Å². The van der Waals surface area contributed by atoms with Crippen LogP contribution in [-0.4, -0.2) is 243 Å². The number of benzene rings is 12. The minimum atomic E-state index is -1.74. The number of hydrogen-bond acceptors (Lipinski definition) is 33. The third-order valence-electron chi connectivity index (χ3n) is 23.7. The van der Waals surface area contributed by atoms with E-state index in [2.05, 4.69) is 0 Å². The second-order valence-corrected chi connectivity index (χ2v) is 34.8. The lowest BCUT2D eigenvalue weighted by atomic mass is 9.94. The van der Waals surface area contributed by atoms with Crippen LogP contribution in [0, 0.1) is 5.41 Å². The van der Waals surface area contributed by atoms with Gasteiger partial charge in [-0.2, -0.15) is 0 Å². The van der Waals surface area contributed by atoms with Crippen molar-refractivity contribution in [3.63, 3.8) is 0 Å². The molecule has 0 spiro atoms. The molecule has 33 nitrogen and oxygen atoms in total. The monoisotopic (exact) mass is 2030 g/mol. The summed E-state index contributed by atoms with van der Waals surface area (Å²) >= 11 is 0. The molecule has 12 aromatic carbocycles. The molecule has 0 radical (unpaired) electrons. The molecule has 3 fully saturated rings. The van der Waals surface area contributed by atoms with Gasteiger partial charge in [-0.25, -0.2) is 57.5 Å². The third kappa shape index (κ3) is 30.8. The first-order valence-electron chi connectivity index (χ1n) is 48.3. The zero-order chi connectivity index (χ0) is 104. The Morgan fingerprint density at radius 2 is 0.342 bits per heavy atom. The number of rotatable bonds is 48. The molecule has 0 amide bonds. The molecule has 149 heavy (non-hydrogen) atoms. The van der Waals surface area contributed by atoms with E-state index in [1.54, 1.807) is 218 Å². The highest BCUT2D eigenvalue weighted by Crippen LogP contribution is 2.38. The summed E-state index contributed by atoms with van der Waals surface area (Å²) in [6.07, 6.45) is -24.7. The van der Waals surface area contributed by atoms with E-state index in [0.717, 1.165) is 0 Å². The third-order valence-corrected chi connectivity index (χ3v) is 23.7. The summed E-state index contributed by atoms with van der Waals surface area (Å²) in [6, 6.07) is 95.1. The largest absolute Gasteiger partial charge is 0.459 e. The Labute approximate surface area is 857 Å². The Kier molecular flexibility index (Phi) is 39.5. The standard InChI is InChI=1S/C116H108O33/c1-116(74-129-65-38-68-132-113-98(147-110(126)86-59-32-11-33-60-86)95(144-107(123)83-53-26-8-27-54-83)92(141-104(120)80-47-20-5-21-48-80)89(138-113)71-135-101(117)77-41-14-2-15-42-77,75-130-66-39-69-133-114-99(148-111(127)87-61-34-12-35-62-87)96(145-108(124)84-55-28-9-29-56-84)93(142-105(121)81-49-22-6-23-50-81)90(139-114)72-136-102(118)78-43-16-3-17-44-78)76-131-67-40-70-134-115-100(149-112(128)88-63-36-13-37-64-88)97(146-109(125)85-57-30-10-31-58-85)94(143-106(122)82-51-24-7-25-52-82)91(140-115)73-137-103(119)79-45-18-4-19-46-79/h2-37,41-64,89-100,113-115H,38-40,65-76H2,1H3/t89-,90-,91-,92-,93-,94-,95+,96+,97+,98+,99+,100+,113+,114+,115+/m1/s1. The van der Waals surface area contributed by atoms with Gasteiger partial charge in [-0.15, -0.1) is 0 Å². The number of esters is 12. The van der Waals surface area contributed by atoms with Gasteiger partial charge in [0.2, 0.25) is 0 Å². The Hall–Kier alpha value is -16.1. The van der Waals surface area contributed by atoms with Gasteiger partial charge in [0, 0.05) is 25.2 Å². The number of hydrogen-bond donors (Lipinski definition) is 0. The topological polar surface area (TPSA) is 399 Å². The lowest BCUT2D eigenvalue weighted by Gasteiger charge is -2.44. The van der Waals surface area contributed by atoms with E-state index in [1.807, 2.05) is 6.92 Å². The predicted octanol–water partition coefficient (Wildman–Crippen LogP) is 16.0. The molecule has 3 heterocycles. The van der Waals surface area contributed by atoms with Gasteiger partial charge in [-0.05, 0) is 165 Å². The van der Waals surface area contributed by atoms with Gasteiger partial charge < -0.3 is 99.5 Å². The average Bonchev–Trinajstić information content (AvgIpc) is 0.780. The van der Waals surface area contributed by atoms with Crippen LogP contribution >= 0.6 is 0 Å². The van der Waals surface area contributed by atoms with Crippen LogP contribution in [0.5, 0.6) is 0 Å². The summed E-state index contributed by atoms with van der Waals surface area (Å²) in [5.74, 6) is -10.6. The summed E-state index contributed by atoms with van der Waals surface area (Å²) in [6.45, 7) is -1.35. The molecule has 770 valence electrons. The van der Waals surface area contributed by atoms with Crippen LogP contribution in [0.15, 0.2) is 364 Å². The minimum Gasteiger partial charge on any atom is -0.459 e. The Morgan fingerprint density at radius 1 is 0.195 bits per heavy atom. The van der Waals surface area contributed by atoms with E-state index in [4.69, 9.17) is 99.5 Å². The summed E-state index contributed by atoms with van der Waals surface area (Å²) < 4.78 is 133. The van der Waals surface area contributed by atoms with Gasteiger partial charge in [0.1, 0.15) is 38.1 Å². The van der Waals surface area contributed by atoms with Crippen LogP contribution in [0.3, 0.4) is 0 Å². The van der Waals surface area contributed by atoms with E-state index < -0.39 is 189 Å². The van der Waals surface area contributed by atoms with Gasteiger partial charge in [0.05, 0.1) is 106 Å². The first kappa shape index (κ1) is 107. The average molecular weight is 2030 g/mol. The SMILES string of the molecule is CC(COCCCO[C@H]1O[C@H](COC(=O)c2ccccc2)[C@@H](OC(=O)c2ccccc2)[C@H](OC(=O)c2ccccc2)[C@@H]1OC(=O)c1ccccc1)(COCCCO[C@H]1O[C@H](COC(=O)c2ccccc2)[C@@H](OC(=O)c2ccccc2)[C@H](OC(=O)c2ccccc2)[C@@H]1OC(=O)c1ccccc1)COCCCO[C@H]1O[C@H](COC(=O)c2ccccc2)[C@@H](OC(=O)c2ccccc2)[C@H](OC(=O)c2ccccc2)[C@@H]1OC(=O)c1ccccc1. The second kappa shape index (κ2) is 54.9. The number of ether oxygens (including phenoxy) is 21. The van der Waals surface area contributed by atoms with Gasteiger partial charge in [0.25, 0.3) is 0 Å². The zero-order valence-electron chi connectivity index (χ0n) is 80.9. The molecule has 3 saturated heterocycles. The van der Waals surface area contributed by atoms with Crippen molar-refractivity contribution in [3.8, 4) is 0 Å². The summed E-state index contributed by atoms with van der Waals surface area (Å²) in [5.41, 5.74) is 0.0428. The van der Waals surface area contributed by atoms with Crippen molar-refractivity contribution < 1.29 is 157 Å². The lowest BCUT2D eigenvalue weighted by molar-refractivity contribution is -0.299. The van der Waals surface area contributed by atoms with Crippen LogP contribution in [0.2, 0.25) is 0 Å². The fourth-order valence-corrected chi connectivity index (χ4v) is 16.1. The van der Waals surface area contributed by atoms with Crippen LogP contribution in [0.4, 0.5) is 0 Å². The van der Waals surface area contributed by atoms with Crippen molar-refractivity contribution in [2.24, 2.45) is 5.41 Å². The van der Waals surface area contributed by atoms with Crippen molar-refractivity contribution in [3.05, 3.63) is 431 Å². The molecular weight excluding hydrogens is 1920 g/mol. The van der Waals surface area contributed by atoms with Crippen LogP contribution in [-0.2, 0) is 99.5 Å². The Balaban J connectivity index is 0.693. The maximum absolute atomic E-state index is 14.5. The highest BCUT2D eigenvalue weighted by atomic mass is 16.8. The Bertz CT molecular complexity index is 5710. The van der Waals surface area contributed by atoms with Gasteiger partial charge in [0.15, 0.2) is 73.8 Å². The van der Waals surface area contributed by atoms with E-state index in [1.165, 1.54) is 146 Å². The fraction of sp³-hybridized carbons (Fsp3) is 0.276. The quantitative estimate of drug-likeness (QED) is 0.0194. The highest BCUT2D eigenvalue weighted by Gasteiger charge is 2.58. The maximum Gasteiger partial charge on any atom is 0.338 e. The molecule has 3 aliphatic rings. The molecule has 0 saturated carbocycles. The number of carbonyl (C=O) groups excluding carboxylic acids is 12. The molecule has 33 heteroatoms. The van der Waals surface area contributed by atoms with E-state index in [0.29, 0.717) is 0 Å². The fourth-order valence-electron chi connectivity index (χ4n) is 16.1. The van der Waals surface area contributed by atoms with Crippen LogP contribution in [0.25, 0.3) is 0 Å². The van der Waals surface area contributed by atoms with E-state index >= 15 is 0 Å². The first-order chi connectivity index (χ1) is 72.8. The minimum absolute atomic E-state index is 0.0632. The molecule has 15 rings (SSSR count). The smallest absolute Gasteiger partial charge is 0.338 e. The molecular formula is C116H108O33. The summed E-state index contributed by atoms with van der Waals surface area (Å²) in [7, 11) is 0. The second-order valence-electron chi connectivity index (χ2n) is 34.8. The molecule has 0 aliphatic carbocycles. The molecule has 0 N–H and O–H groups in total. The van der Waals surface area contributed by atoms with Gasteiger partial charge in [-0.3, -0.25) is 0 Å². The summed E-state index contributed by atoms with van der Waals surface area (Å²) in [4.78, 5) is 171. The van der Waals surface area contributed by atoms with Crippen molar-refractivity contribution in [1.82, 2.24) is 0 Å². The lowest BCUT2D eigenvalue weighted by Crippen LogP contribution is -2.63.